The number of nitrogens with zero attached hydrogens (tertiary/aromatic N) is 1. The summed E-state index contributed by atoms with van der Waals surface area (Å²) in [4.78, 5) is 26.5. The molecule has 0 spiro atoms. The van der Waals surface area contributed by atoms with Crippen molar-refractivity contribution in [2.45, 2.75) is 59.1 Å². The number of benzene rings is 1. The summed E-state index contributed by atoms with van der Waals surface area (Å²) >= 11 is 0. The molecular weight excluding hydrogens is 321 g/mol. The van der Waals surface area contributed by atoms with Crippen LogP contribution in [0.2, 0.25) is 0 Å². The maximum atomic E-state index is 13.5. The van der Waals surface area contributed by atoms with E-state index < -0.39 is 23.9 Å². The van der Waals surface area contributed by atoms with Gasteiger partial charge in [-0.15, -0.1) is 0 Å². The van der Waals surface area contributed by atoms with Gasteiger partial charge in [-0.05, 0) is 55.2 Å². The van der Waals surface area contributed by atoms with Crippen molar-refractivity contribution in [3.05, 3.63) is 35.1 Å². The molecule has 0 saturated heterocycles. The van der Waals surface area contributed by atoms with E-state index in [0.717, 1.165) is 24.2 Å². The highest BCUT2D eigenvalue weighted by molar-refractivity contribution is 6.07. The number of halogens is 1. The summed E-state index contributed by atoms with van der Waals surface area (Å²) in [7, 11) is 0. The molecule has 1 heterocycles. The Morgan fingerprint density at radius 2 is 2.00 bits per heavy atom. The van der Waals surface area contributed by atoms with Crippen LogP contribution >= 0.6 is 0 Å². The van der Waals surface area contributed by atoms with Crippen molar-refractivity contribution < 1.29 is 18.7 Å². The molecule has 1 aliphatic heterocycles. The Balaban J connectivity index is 1.78. The quantitative estimate of drug-likeness (QED) is 0.761. The van der Waals surface area contributed by atoms with E-state index in [0.29, 0.717) is 23.3 Å². The van der Waals surface area contributed by atoms with Gasteiger partial charge >= 0.3 is 6.09 Å². The summed E-state index contributed by atoms with van der Waals surface area (Å²) in [6.45, 7) is 8.22. The van der Waals surface area contributed by atoms with Gasteiger partial charge in [0.1, 0.15) is 11.9 Å². The lowest BCUT2D eigenvalue weighted by molar-refractivity contribution is -0.0107. The predicted octanol–water partition coefficient (Wildman–Crippen LogP) is 4.94. The number of ether oxygens (including phenoxy) is 1. The minimum Gasteiger partial charge on any atom is -0.445 e. The fourth-order valence-electron chi connectivity index (χ4n) is 4.20. The molecule has 1 fully saturated rings. The van der Waals surface area contributed by atoms with Crippen LogP contribution in [0.4, 0.5) is 9.18 Å². The van der Waals surface area contributed by atoms with Crippen LogP contribution in [-0.4, -0.2) is 23.0 Å². The summed E-state index contributed by atoms with van der Waals surface area (Å²) < 4.78 is 19.3. The molecule has 25 heavy (non-hydrogen) atoms. The Hall–Kier alpha value is -1.91. The van der Waals surface area contributed by atoms with Crippen molar-refractivity contribution in [3.8, 4) is 0 Å². The smallest absolute Gasteiger partial charge is 0.417 e. The zero-order valence-electron chi connectivity index (χ0n) is 15.3. The molecule has 136 valence electrons. The van der Waals surface area contributed by atoms with Gasteiger partial charge in [0, 0.05) is 5.56 Å². The van der Waals surface area contributed by atoms with Crippen LogP contribution < -0.4 is 0 Å². The van der Waals surface area contributed by atoms with Crippen LogP contribution in [0.1, 0.15) is 68.9 Å². The summed E-state index contributed by atoms with van der Waals surface area (Å²) in [5.74, 6) is 0.287. The minimum absolute atomic E-state index is 0.170. The first-order valence-electron chi connectivity index (χ1n) is 9.13. The first-order valence-corrected chi connectivity index (χ1v) is 9.13. The second-order valence-corrected chi connectivity index (χ2v) is 7.83. The van der Waals surface area contributed by atoms with Crippen molar-refractivity contribution in [3.63, 3.8) is 0 Å². The molecule has 2 aliphatic rings. The number of carbonyl (C=O) groups excluding carboxylic acids is 2. The topological polar surface area (TPSA) is 46.6 Å². The first kappa shape index (κ1) is 17.9. The molecule has 0 unspecified atom stereocenters. The third kappa shape index (κ3) is 3.29. The molecule has 1 aromatic carbocycles. The fraction of sp³-hybridized carbons (Fsp3) is 0.600. The second kappa shape index (κ2) is 6.77. The minimum atomic E-state index is -0.612. The van der Waals surface area contributed by atoms with Gasteiger partial charge in [-0.25, -0.2) is 14.1 Å². The van der Waals surface area contributed by atoms with E-state index in [2.05, 4.69) is 20.8 Å². The molecule has 0 aromatic heterocycles. The van der Waals surface area contributed by atoms with Gasteiger partial charge in [0.2, 0.25) is 0 Å². The molecule has 0 N–H and O–H groups in total. The molecule has 2 amide bonds. The number of rotatable bonds is 2. The first-order chi connectivity index (χ1) is 11.8. The number of fused-ring (bicyclic) bond motifs is 1. The van der Waals surface area contributed by atoms with Crippen LogP contribution in [0, 0.1) is 23.6 Å². The largest absolute Gasteiger partial charge is 0.445 e. The lowest BCUT2D eigenvalue weighted by Gasteiger charge is -2.37. The number of hydrogen-bond donors (Lipinski definition) is 0. The Labute approximate surface area is 148 Å². The Morgan fingerprint density at radius 3 is 2.68 bits per heavy atom. The van der Waals surface area contributed by atoms with E-state index in [-0.39, 0.29) is 11.7 Å². The van der Waals surface area contributed by atoms with Crippen molar-refractivity contribution in [2.24, 2.45) is 17.8 Å². The SMILES string of the molecule is CC(C)[C@@H]1CC[C@@H](C)C[C@@H]1OC(=O)N1C(=O)c2cc(F)ccc2[C@H]1C. The molecule has 1 aliphatic carbocycles. The van der Waals surface area contributed by atoms with Gasteiger partial charge in [0.15, 0.2) is 0 Å². The lowest BCUT2D eigenvalue weighted by atomic mass is 9.75. The maximum Gasteiger partial charge on any atom is 0.417 e. The predicted molar refractivity (Wildman–Crippen MR) is 92.6 cm³/mol. The highest BCUT2D eigenvalue weighted by Gasteiger charge is 2.42. The zero-order valence-corrected chi connectivity index (χ0v) is 15.3. The van der Waals surface area contributed by atoms with E-state index in [1.54, 1.807) is 13.0 Å². The second-order valence-electron chi connectivity index (χ2n) is 7.83. The zero-order chi connectivity index (χ0) is 18.3. The normalized spacial score (nSPS) is 29.0. The molecule has 1 aromatic rings. The van der Waals surface area contributed by atoms with Gasteiger partial charge < -0.3 is 4.74 Å². The van der Waals surface area contributed by atoms with Gasteiger partial charge in [-0.1, -0.05) is 33.3 Å². The molecule has 0 bridgehead atoms. The average molecular weight is 347 g/mol. The van der Waals surface area contributed by atoms with Gasteiger partial charge in [-0.2, -0.15) is 0 Å². The third-order valence-corrected chi connectivity index (χ3v) is 5.71. The number of amides is 2. The maximum absolute atomic E-state index is 13.5. The number of imide groups is 1. The molecule has 5 heteroatoms. The van der Waals surface area contributed by atoms with Crippen LogP contribution in [0.15, 0.2) is 18.2 Å². The van der Waals surface area contributed by atoms with Crippen molar-refractivity contribution >= 4 is 12.0 Å². The highest BCUT2D eigenvalue weighted by atomic mass is 19.1. The Morgan fingerprint density at radius 1 is 1.28 bits per heavy atom. The fourth-order valence-corrected chi connectivity index (χ4v) is 4.20. The van der Waals surface area contributed by atoms with Gasteiger partial charge in [0.25, 0.3) is 5.91 Å². The van der Waals surface area contributed by atoms with E-state index >= 15 is 0 Å². The molecule has 0 radical (unpaired) electrons. The van der Waals surface area contributed by atoms with Crippen LogP contribution in [0.3, 0.4) is 0 Å². The summed E-state index contributed by atoms with van der Waals surface area (Å²) in [6, 6.07) is 3.64. The van der Waals surface area contributed by atoms with Crippen molar-refractivity contribution in [2.75, 3.05) is 0 Å². The van der Waals surface area contributed by atoms with Crippen molar-refractivity contribution in [1.29, 1.82) is 0 Å². The summed E-state index contributed by atoms with van der Waals surface area (Å²) in [6.07, 6.45) is 2.22. The van der Waals surface area contributed by atoms with Crippen LogP contribution in [0.25, 0.3) is 0 Å². The number of carbonyl (C=O) groups is 2. The summed E-state index contributed by atoms with van der Waals surface area (Å²) in [5, 5.41) is 0. The monoisotopic (exact) mass is 347 g/mol. The van der Waals surface area contributed by atoms with Crippen LogP contribution in [0.5, 0.6) is 0 Å². The number of hydrogen-bond acceptors (Lipinski definition) is 3. The lowest BCUT2D eigenvalue weighted by Crippen LogP contribution is -2.41. The molecule has 4 atom stereocenters. The average Bonchev–Trinajstić information content (AvgIpc) is 2.78. The standard InChI is InChI=1S/C20H26FNO3/c1-11(2)15-7-5-12(3)9-18(15)25-20(24)22-13(4)16-8-6-14(21)10-17(16)19(22)23/h6,8,10-13,15,18H,5,7,9H2,1-4H3/t12-,13-,15+,18+/m1/s1. The molecular formula is C20H26FNO3. The summed E-state index contributed by atoms with van der Waals surface area (Å²) in [5.41, 5.74) is 0.919. The Bertz CT molecular complexity index is 688. The van der Waals surface area contributed by atoms with E-state index in [1.165, 1.54) is 12.1 Å². The Kier molecular flexibility index (Phi) is 4.85. The van der Waals surface area contributed by atoms with Gasteiger partial charge in [-0.3, -0.25) is 4.79 Å². The molecule has 3 rings (SSSR count). The van der Waals surface area contributed by atoms with E-state index in [9.17, 15) is 14.0 Å². The van der Waals surface area contributed by atoms with Gasteiger partial charge in [0.05, 0.1) is 6.04 Å². The third-order valence-electron chi connectivity index (χ3n) is 5.71. The highest BCUT2D eigenvalue weighted by Crippen LogP contribution is 2.38. The van der Waals surface area contributed by atoms with E-state index in [1.807, 2.05) is 0 Å². The molecule has 4 nitrogen and oxygen atoms in total. The molecule has 1 saturated carbocycles. The van der Waals surface area contributed by atoms with Crippen LogP contribution in [-0.2, 0) is 4.74 Å². The van der Waals surface area contributed by atoms with Crippen molar-refractivity contribution in [1.82, 2.24) is 4.90 Å². The van der Waals surface area contributed by atoms with E-state index in [4.69, 9.17) is 4.74 Å².